The van der Waals surface area contributed by atoms with Crippen molar-refractivity contribution in [3.05, 3.63) is 0 Å². The fraction of sp³-hybridized carbons (Fsp3) is 0.933. The van der Waals surface area contributed by atoms with Gasteiger partial charge in [0.05, 0.1) is 12.9 Å². The maximum atomic E-state index is 12.7. The van der Waals surface area contributed by atoms with E-state index in [4.69, 9.17) is 4.74 Å². The Hall–Kier alpha value is -0.700. The van der Waals surface area contributed by atoms with Crippen molar-refractivity contribution < 1.29 is 17.9 Å². The number of sulfonamides is 1. The molecule has 0 spiro atoms. The molecule has 0 N–H and O–H groups in total. The van der Waals surface area contributed by atoms with Gasteiger partial charge in [-0.05, 0) is 25.8 Å². The topological polar surface area (TPSA) is 70.2 Å². The van der Waals surface area contributed by atoms with Gasteiger partial charge in [-0.1, -0.05) is 0 Å². The van der Waals surface area contributed by atoms with E-state index >= 15 is 0 Å². The van der Waals surface area contributed by atoms with E-state index in [0.29, 0.717) is 25.9 Å². The van der Waals surface area contributed by atoms with Crippen molar-refractivity contribution in [3.8, 4) is 0 Å². The maximum Gasteiger partial charge on any atom is 0.225 e. The van der Waals surface area contributed by atoms with Crippen molar-refractivity contribution in [3.63, 3.8) is 0 Å². The zero-order chi connectivity index (χ0) is 16.9. The van der Waals surface area contributed by atoms with Gasteiger partial charge in [-0.2, -0.15) is 0 Å². The largest absolute Gasteiger partial charge is 0.383 e. The summed E-state index contributed by atoms with van der Waals surface area (Å²) in [6.07, 6.45) is 3.49. The summed E-state index contributed by atoms with van der Waals surface area (Å²) < 4.78 is 29.7. The first-order valence-electron chi connectivity index (χ1n) is 8.37. The molecule has 0 aromatic carbocycles. The molecule has 2 aliphatic heterocycles. The van der Waals surface area contributed by atoms with Gasteiger partial charge in [0.2, 0.25) is 15.9 Å². The van der Waals surface area contributed by atoms with Crippen LogP contribution >= 0.6 is 0 Å². The minimum absolute atomic E-state index is 0.0291. The second-order valence-corrected chi connectivity index (χ2v) is 8.43. The summed E-state index contributed by atoms with van der Waals surface area (Å²) in [5.41, 5.74) is 0. The third kappa shape index (κ3) is 5.41. The molecule has 0 aromatic heterocycles. The Bertz CT molecular complexity index is 489. The molecule has 23 heavy (non-hydrogen) atoms. The molecule has 8 heteroatoms. The molecule has 7 nitrogen and oxygen atoms in total. The number of hydrogen-bond donors (Lipinski definition) is 0. The number of amides is 1. The van der Waals surface area contributed by atoms with Gasteiger partial charge in [-0.25, -0.2) is 12.7 Å². The van der Waals surface area contributed by atoms with E-state index in [1.807, 2.05) is 4.90 Å². The molecule has 2 rings (SSSR count). The van der Waals surface area contributed by atoms with Crippen LogP contribution in [0.1, 0.15) is 19.3 Å². The number of ether oxygens (including phenoxy) is 1. The summed E-state index contributed by atoms with van der Waals surface area (Å²) >= 11 is 0. The summed E-state index contributed by atoms with van der Waals surface area (Å²) in [5, 5.41) is 0. The van der Waals surface area contributed by atoms with Crippen LogP contribution in [0.4, 0.5) is 0 Å². The first-order valence-corrected chi connectivity index (χ1v) is 10.2. The number of rotatable bonds is 5. The van der Waals surface area contributed by atoms with Gasteiger partial charge in [0.15, 0.2) is 0 Å². The normalized spacial score (nSPS) is 23.0. The lowest BCUT2D eigenvalue weighted by atomic mass is 9.96. The molecular formula is C15H29N3O4S. The van der Waals surface area contributed by atoms with E-state index in [-0.39, 0.29) is 11.8 Å². The Kier molecular flexibility index (Phi) is 6.82. The average molecular weight is 347 g/mol. The summed E-state index contributed by atoms with van der Waals surface area (Å²) in [6, 6.07) is 0. The highest BCUT2D eigenvalue weighted by molar-refractivity contribution is 7.88. The zero-order valence-corrected chi connectivity index (χ0v) is 15.1. The van der Waals surface area contributed by atoms with E-state index in [0.717, 1.165) is 45.8 Å². The number of carbonyl (C=O) groups is 1. The fourth-order valence-electron chi connectivity index (χ4n) is 3.33. The highest BCUT2D eigenvalue weighted by Gasteiger charge is 2.31. The van der Waals surface area contributed by atoms with Crippen molar-refractivity contribution in [1.82, 2.24) is 14.1 Å². The summed E-state index contributed by atoms with van der Waals surface area (Å²) in [6.45, 7) is 6.00. The molecule has 0 bridgehead atoms. The average Bonchev–Trinajstić information content (AvgIpc) is 2.77. The standard InChI is InChI=1S/C15H29N3O4S/c1-22-13-12-16-6-3-7-17(11-10-16)15(19)14-4-8-18(9-5-14)23(2,20)21/h14H,3-13H2,1-2H3. The molecule has 2 fully saturated rings. The predicted octanol–water partition coefficient (Wildman–Crippen LogP) is -0.161. The first kappa shape index (κ1) is 18.6. The quantitative estimate of drug-likeness (QED) is 0.691. The summed E-state index contributed by atoms with van der Waals surface area (Å²) in [4.78, 5) is 17.0. The van der Waals surface area contributed by atoms with E-state index in [1.165, 1.54) is 10.6 Å². The molecule has 0 saturated carbocycles. The Morgan fingerprint density at radius 1 is 1.09 bits per heavy atom. The third-order valence-corrected chi connectivity index (χ3v) is 6.09. The van der Waals surface area contributed by atoms with Gasteiger partial charge in [0, 0.05) is 52.3 Å². The first-order chi connectivity index (χ1) is 10.9. The Labute approximate surface area is 139 Å². The molecule has 0 unspecified atom stereocenters. The Morgan fingerprint density at radius 3 is 2.39 bits per heavy atom. The van der Waals surface area contributed by atoms with Gasteiger partial charge < -0.3 is 9.64 Å². The van der Waals surface area contributed by atoms with Gasteiger partial charge in [0.1, 0.15) is 0 Å². The number of piperidine rings is 1. The van der Waals surface area contributed by atoms with Crippen LogP contribution in [0.25, 0.3) is 0 Å². The Balaban J connectivity index is 1.82. The SMILES string of the molecule is COCCN1CCCN(C(=O)C2CCN(S(C)(=O)=O)CC2)CC1. The van der Waals surface area contributed by atoms with E-state index in [9.17, 15) is 13.2 Å². The third-order valence-electron chi connectivity index (χ3n) is 4.78. The molecule has 1 amide bonds. The van der Waals surface area contributed by atoms with Gasteiger partial charge in [0.25, 0.3) is 0 Å². The van der Waals surface area contributed by atoms with Crippen molar-refractivity contribution in [2.75, 3.05) is 65.8 Å². The lowest BCUT2D eigenvalue weighted by Crippen LogP contribution is -2.45. The molecule has 134 valence electrons. The van der Waals surface area contributed by atoms with Crippen molar-refractivity contribution in [2.45, 2.75) is 19.3 Å². The van der Waals surface area contributed by atoms with Crippen LogP contribution in [0, 0.1) is 5.92 Å². The molecular weight excluding hydrogens is 318 g/mol. The molecule has 0 aromatic rings. The molecule has 2 aliphatic rings. The van der Waals surface area contributed by atoms with E-state index in [1.54, 1.807) is 7.11 Å². The van der Waals surface area contributed by atoms with Crippen molar-refractivity contribution in [2.24, 2.45) is 5.92 Å². The van der Waals surface area contributed by atoms with Crippen LogP contribution in [-0.2, 0) is 19.6 Å². The Morgan fingerprint density at radius 2 is 1.78 bits per heavy atom. The van der Waals surface area contributed by atoms with Gasteiger partial charge in [-0.3, -0.25) is 9.69 Å². The molecule has 0 radical (unpaired) electrons. The molecule has 2 heterocycles. The predicted molar refractivity (Wildman–Crippen MR) is 88.7 cm³/mol. The molecule has 2 saturated heterocycles. The summed E-state index contributed by atoms with van der Waals surface area (Å²) in [7, 11) is -1.43. The maximum absolute atomic E-state index is 12.7. The van der Waals surface area contributed by atoms with Crippen LogP contribution in [0.2, 0.25) is 0 Å². The number of hydrogen-bond acceptors (Lipinski definition) is 5. The highest BCUT2D eigenvalue weighted by Crippen LogP contribution is 2.22. The zero-order valence-electron chi connectivity index (χ0n) is 14.2. The lowest BCUT2D eigenvalue weighted by molar-refractivity contribution is -0.136. The smallest absolute Gasteiger partial charge is 0.225 e. The second kappa shape index (κ2) is 8.41. The lowest BCUT2D eigenvalue weighted by Gasteiger charge is -2.32. The van der Waals surface area contributed by atoms with E-state index < -0.39 is 10.0 Å². The van der Waals surface area contributed by atoms with Crippen LogP contribution in [0.3, 0.4) is 0 Å². The number of carbonyl (C=O) groups excluding carboxylic acids is 1. The highest BCUT2D eigenvalue weighted by atomic mass is 32.2. The molecule has 0 atom stereocenters. The van der Waals surface area contributed by atoms with Crippen molar-refractivity contribution >= 4 is 15.9 Å². The number of methoxy groups -OCH3 is 1. The van der Waals surface area contributed by atoms with Gasteiger partial charge >= 0.3 is 0 Å². The van der Waals surface area contributed by atoms with Crippen LogP contribution < -0.4 is 0 Å². The van der Waals surface area contributed by atoms with Crippen molar-refractivity contribution in [1.29, 1.82) is 0 Å². The van der Waals surface area contributed by atoms with E-state index in [2.05, 4.69) is 4.90 Å². The monoisotopic (exact) mass is 347 g/mol. The van der Waals surface area contributed by atoms with Crippen LogP contribution in [-0.4, -0.2) is 94.2 Å². The summed E-state index contributed by atoms with van der Waals surface area (Å²) in [5.74, 6) is 0.172. The molecule has 0 aliphatic carbocycles. The second-order valence-electron chi connectivity index (χ2n) is 6.45. The minimum atomic E-state index is -3.13. The van der Waals surface area contributed by atoms with Gasteiger partial charge in [-0.15, -0.1) is 0 Å². The van der Waals surface area contributed by atoms with Crippen LogP contribution in [0.15, 0.2) is 0 Å². The fourth-order valence-corrected chi connectivity index (χ4v) is 4.20. The minimum Gasteiger partial charge on any atom is -0.383 e. The number of nitrogens with zero attached hydrogens (tertiary/aromatic N) is 3. The van der Waals surface area contributed by atoms with Crippen LogP contribution in [0.5, 0.6) is 0 Å².